The highest BCUT2D eigenvalue weighted by atomic mass is 15.0. The third-order valence-corrected chi connectivity index (χ3v) is 18.8. The Kier molecular flexibility index (Phi) is 10.9. The molecule has 16 aromatic rings. The zero-order chi connectivity index (χ0) is 56.4. The van der Waals surface area contributed by atoms with Crippen LogP contribution in [0.1, 0.15) is 35.9 Å². The van der Waals surface area contributed by atoms with Crippen LogP contribution in [0.25, 0.3) is 154 Å². The van der Waals surface area contributed by atoms with Gasteiger partial charge in [0.1, 0.15) is 0 Å². The Bertz CT molecular complexity index is 5540. The number of aromatic amines is 2. The molecule has 0 saturated carbocycles. The maximum absolute atomic E-state index is 3.75. The highest BCUT2D eigenvalue weighted by Crippen LogP contribution is 2.43. The van der Waals surface area contributed by atoms with Crippen LogP contribution in [0.4, 0.5) is 0 Å². The fourth-order valence-corrected chi connectivity index (χ4v) is 14.5. The van der Waals surface area contributed by atoms with Crippen LogP contribution in [-0.2, 0) is 0 Å². The van der Waals surface area contributed by atoms with E-state index in [0.29, 0.717) is 5.92 Å². The second-order valence-electron chi connectivity index (χ2n) is 23.7. The predicted octanol–water partition coefficient (Wildman–Crippen LogP) is 22.2. The summed E-state index contributed by atoms with van der Waals surface area (Å²) in [7, 11) is 0. The van der Waals surface area contributed by atoms with E-state index < -0.39 is 0 Å². The van der Waals surface area contributed by atoms with E-state index in [1.54, 1.807) is 0 Å². The molecule has 2 unspecified atom stereocenters. The monoisotopic (exact) mass is 1100 g/mol. The lowest BCUT2D eigenvalue weighted by Gasteiger charge is -2.21. The predicted molar refractivity (Wildman–Crippen MR) is 365 cm³/mol. The third-order valence-electron chi connectivity index (χ3n) is 18.8. The van der Waals surface area contributed by atoms with Crippen LogP contribution >= 0.6 is 0 Å². The Hall–Kier alpha value is -10.9. The molecule has 2 atom stereocenters. The summed E-state index contributed by atoms with van der Waals surface area (Å²) < 4.78 is 4.95. The molecule has 404 valence electrons. The van der Waals surface area contributed by atoms with Crippen LogP contribution in [0.5, 0.6) is 0 Å². The molecule has 12 aromatic carbocycles. The van der Waals surface area contributed by atoms with E-state index in [-0.39, 0.29) is 6.04 Å². The smallest absolute Gasteiger partial charge is 0.0560 e. The van der Waals surface area contributed by atoms with Gasteiger partial charge in [0.25, 0.3) is 0 Å². The van der Waals surface area contributed by atoms with Crippen LogP contribution in [0.2, 0.25) is 0 Å². The number of hydrogen-bond donors (Lipinski definition) is 2. The molecule has 4 aromatic heterocycles. The SMILES string of the molecule is C1=CCC(c2ccc(-c3ccc4[nH]c5ccc(-c6ccc(-n7c8ccccc8c8cc(-c9cc(-c%10ccc%11[nH]c%12ccc(C%13=CCC(n%14c%15ccccc%15c%15ccccc%15%14)C=C%13)cc%12c%11c%10)c%10ccccc%10c9)ccc87)cc6)cc5c4c3)cc2)C=C1. The first-order valence-electron chi connectivity index (χ1n) is 30.2. The lowest BCUT2D eigenvalue weighted by Crippen LogP contribution is -2.07. The van der Waals surface area contributed by atoms with Gasteiger partial charge in [-0.3, -0.25) is 0 Å². The van der Waals surface area contributed by atoms with E-state index in [9.17, 15) is 0 Å². The first-order chi connectivity index (χ1) is 42.6. The molecule has 4 nitrogen and oxygen atoms in total. The molecule has 2 aliphatic rings. The summed E-state index contributed by atoms with van der Waals surface area (Å²) in [6.07, 6.45) is 18.0. The maximum Gasteiger partial charge on any atom is 0.0560 e. The fraction of sp³-hybridized carbons (Fsp3) is 0.0488. The molecule has 0 spiro atoms. The molecule has 0 fully saturated rings. The van der Waals surface area contributed by atoms with E-state index >= 15 is 0 Å². The van der Waals surface area contributed by atoms with Gasteiger partial charge in [-0.2, -0.15) is 0 Å². The largest absolute Gasteiger partial charge is 0.355 e. The molecule has 0 aliphatic heterocycles. The molecular weight excluding hydrogens is 1040 g/mol. The Morgan fingerprint density at radius 2 is 0.837 bits per heavy atom. The zero-order valence-corrected chi connectivity index (χ0v) is 47.2. The maximum atomic E-state index is 3.75. The minimum Gasteiger partial charge on any atom is -0.355 e. The van der Waals surface area contributed by atoms with Gasteiger partial charge in [-0.1, -0.05) is 188 Å². The number of benzene rings is 12. The molecule has 2 N–H and O–H groups in total. The first kappa shape index (κ1) is 48.6. The van der Waals surface area contributed by atoms with E-state index in [1.807, 2.05) is 0 Å². The molecule has 4 heterocycles. The van der Waals surface area contributed by atoms with Gasteiger partial charge in [-0.05, 0) is 188 Å². The molecule has 0 amide bonds. The number of aromatic nitrogens is 4. The number of nitrogens with zero attached hydrogens (tertiary/aromatic N) is 2. The Morgan fingerprint density at radius 1 is 0.337 bits per heavy atom. The number of allylic oxidation sites excluding steroid dienone is 8. The van der Waals surface area contributed by atoms with E-state index in [0.717, 1.165) is 40.6 Å². The number of rotatable bonds is 8. The topological polar surface area (TPSA) is 41.4 Å². The number of fused-ring (bicyclic) bond motifs is 13. The molecule has 86 heavy (non-hydrogen) atoms. The van der Waals surface area contributed by atoms with E-state index in [4.69, 9.17) is 0 Å². The van der Waals surface area contributed by atoms with Gasteiger partial charge in [0.05, 0.1) is 17.1 Å². The van der Waals surface area contributed by atoms with Crippen molar-refractivity contribution in [2.24, 2.45) is 0 Å². The number of para-hydroxylation sites is 3. The van der Waals surface area contributed by atoms with Crippen molar-refractivity contribution >= 4 is 104 Å². The highest BCUT2D eigenvalue weighted by molar-refractivity contribution is 6.14. The van der Waals surface area contributed by atoms with Gasteiger partial charge < -0.3 is 19.1 Å². The molecule has 4 heteroatoms. The van der Waals surface area contributed by atoms with Gasteiger partial charge in [0.2, 0.25) is 0 Å². The molecule has 0 bridgehead atoms. The number of hydrogen-bond acceptors (Lipinski definition) is 0. The average Bonchev–Trinajstić information content (AvgIpc) is 2.36. The number of H-pyrrole nitrogens is 2. The van der Waals surface area contributed by atoms with Crippen LogP contribution in [0.3, 0.4) is 0 Å². The quantitative estimate of drug-likeness (QED) is 0.152. The van der Waals surface area contributed by atoms with Crippen LogP contribution in [0.15, 0.2) is 291 Å². The second-order valence-corrected chi connectivity index (χ2v) is 23.7. The molecule has 0 radical (unpaired) electrons. The van der Waals surface area contributed by atoms with Gasteiger partial charge in [-0.15, -0.1) is 0 Å². The average molecular weight is 1100 g/mol. The summed E-state index contributed by atoms with van der Waals surface area (Å²) in [5.41, 5.74) is 24.2. The van der Waals surface area contributed by atoms with Crippen LogP contribution in [-0.4, -0.2) is 19.1 Å². The van der Waals surface area contributed by atoms with E-state index in [1.165, 1.54) is 137 Å². The molecular formula is C82H56N4. The van der Waals surface area contributed by atoms with Crippen molar-refractivity contribution in [3.63, 3.8) is 0 Å². The molecule has 0 saturated heterocycles. The first-order valence-corrected chi connectivity index (χ1v) is 30.2. The summed E-state index contributed by atoms with van der Waals surface area (Å²) in [5.74, 6) is 0.445. The van der Waals surface area contributed by atoms with Crippen LogP contribution < -0.4 is 0 Å². The van der Waals surface area contributed by atoms with Crippen molar-refractivity contribution in [1.29, 1.82) is 0 Å². The normalized spacial score (nSPS) is 15.3. The van der Waals surface area contributed by atoms with Crippen molar-refractivity contribution in [3.05, 3.63) is 302 Å². The minimum atomic E-state index is 0.244. The summed E-state index contributed by atoms with van der Waals surface area (Å²) in [6.45, 7) is 0. The Balaban J connectivity index is 0.659. The van der Waals surface area contributed by atoms with Gasteiger partial charge in [0, 0.05) is 87.8 Å². The van der Waals surface area contributed by atoms with Crippen molar-refractivity contribution in [2.45, 2.75) is 24.8 Å². The van der Waals surface area contributed by atoms with Crippen molar-refractivity contribution in [3.8, 4) is 50.2 Å². The summed E-state index contributed by atoms with van der Waals surface area (Å²) in [6, 6.07) is 93.2. The van der Waals surface area contributed by atoms with Gasteiger partial charge in [-0.25, -0.2) is 0 Å². The van der Waals surface area contributed by atoms with Crippen molar-refractivity contribution < 1.29 is 0 Å². The highest BCUT2D eigenvalue weighted by Gasteiger charge is 2.21. The lowest BCUT2D eigenvalue weighted by atomic mass is 9.91. The van der Waals surface area contributed by atoms with Crippen molar-refractivity contribution in [2.75, 3.05) is 0 Å². The minimum absolute atomic E-state index is 0.244. The lowest BCUT2D eigenvalue weighted by molar-refractivity contribution is 0.649. The standard InChI is InChI=1S/C82H56N4/c1-2-12-51(13-3-1)52-22-24-53(25-23-52)56-30-39-75-70(45-56)71-46-57(31-40-76(71)83-75)55-28-37-64(38-29-55)86-81-21-11-8-18-68(81)74-48-59(34-43-82(74)86)62-44-60-14-4-5-15-65(60)69(50-62)61-33-42-78-73(49-61)72-47-58(32-41-77(72)84-78)54-26-35-63(36-27-54)85-79-19-9-6-16-66(79)67-17-7-10-20-80(67)85/h1-12,14-35,37-51,63,83-84H,13,36H2. The fourth-order valence-electron chi connectivity index (χ4n) is 14.5. The van der Waals surface area contributed by atoms with Gasteiger partial charge in [0.15, 0.2) is 0 Å². The van der Waals surface area contributed by atoms with E-state index in [2.05, 4.69) is 310 Å². The zero-order valence-electron chi connectivity index (χ0n) is 47.2. The Morgan fingerprint density at radius 3 is 1.47 bits per heavy atom. The third kappa shape index (κ3) is 7.83. The van der Waals surface area contributed by atoms with Crippen LogP contribution in [0, 0.1) is 0 Å². The number of nitrogens with one attached hydrogen (secondary N) is 2. The summed E-state index contributed by atoms with van der Waals surface area (Å²) >= 11 is 0. The second kappa shape index (κ2) is 19.3. The summed E-state index contributed by atoms with van der Waals surface area (Å²) in [4.78, 5) is 7.44. The van der Waals surface area contributed by atoms with Gasteiger partial charge >= 0.3 is 0 Å². The summed E-state index contributed by atoms with van der Waals surface area (Å²) in [5, 5.41) is 12.5. The molecule has 2 aliphatic carbocycles. The van der Waals surface area contributed by atoms with Crippen molar-refractivity contribution in [1.82, 2.24) is 19.1 Å². The Labute approximate surface area is 497 Å². The molecule has 18 rings (SSSR count).